The van der Waals surface area contributed by atoms with E-state index in [0.29, 0.717) is 6.54 Å². The van der Waals surface area contributed by atoms with Gasteiger partial charge in [0.2, 0.25) is 5.91 Å². The number of hydrogen-bond acceptors (Lipinski definition) is 2. The molecule has 1 heterocycles. The maximum atomic E-state index is 12.1. The number of amides is 1. The van der Waals surface area contributed by atoms with Crippen LogP contribution < -0.4 is 5.32 Å². The van der Waals surface area contributed by atoms with E-state index >= 15 is 0 Å². The Bertz CT molecular complexity index is 928. The van der Waals surface area contributed by atoms with Crippen molar-refractivity contribution in [1.29, 1.82) is 0 Å². The monoisotopic (exact) mass is 389 g/mol. The molecule has 4 heteroatoms. The molecule has 3 rings (SSSR count). The summed E-state index contributed by atoms with van der Waals surface area (Å²) in [5.74, 6) is 0.977. The van der Waals surface area contributed by atoms with Crippen LogP contribution in [0.2, 0.25) is 0 Å². The maximum absolute atomic E-state index is 12.1. The Morgan fingerprint density at radius 1 is 1.00 bits per heavy atom. The zero-order valence-corrected chi connectivity index (χ0v) is 17.3. The van der Waals surface area contributed by atoms with E-state index in [1.54, 1.807) is 6.08 Å². The summed E-state index contributed by atoms with van der Waals surface area (Å²) in [5, 5.41) is 2.98. The average molecular weight is 390 g/mol. The Morgan fingerprint density at radius 2 is 1.76 bits per heavy atom. The highest BCUT2D eigenvalue weighted by molar-refractivity contribution is 5.91. The minimum atomic E-state index is -0.0731. The predicted octanol–water partition coefficient (Wildman–Crippen LogP) is 5.38. The van der Waals surface area contributed by atoms with Crippen molar-refractivity contribution in [2.24, 2.45) is 0 Å². The first-order chi connectivity index (χ1) is 14.3. The molecule has 1 N–H and O–H groups in total. The molecule has 0 bridgehead atoms. The van der Waals surface area contributed by atoms with Crippen molar-refractivity contribution in [1.82, 2.24) is 14.9 Å². The van der Waals surface area contributed by atoms with Crippen molar-refractivity contribution in [3.8, 4) is 0 Å². The van der Waals surface area contributed by atoms with Gasteiger partial charge in [-0.05, 0) is 30.2 Å². The van der Waals surface area contributed by atoms with Crippen molar-refractivity contribution in [3.05, 3.63) is 72.1 Å². The lowest BCUT2D eigenvalue weighted by molar-refractivity contribution is -0.116. The minimum Gasteiger partial charge on any atom is -0.352 e. The molecule has 0 aliphatic heterocycles. The number of unbranched alkanes of at least 4 members (excludes halogenated alkanes) is 4. The van der Waals surface area contributed by atoms with Crippen molar-refractivity contribution >= 4 is 23.0 Å². The molecule has 0 saturated carbocycles. The summed E-state index contributed by atoms with van der Waals surface area (Å²) in [4.78, 5) is 16.9. The van der Waals surface area contributed by atoms with E-state index in [1.807, 2.05) is 42.5 Å². The number of fused-ring (bicyclic) bond motifs is 1. The minimum absolute atomic E-state index is 0.0731. The Kier molecular flexibility index (Phi) is 8.05. The summed E-state index contributed by atoms with van der Waals surface area (Å²) in [6, 6.07) is 18.1. The van der Waals surface area contributed by atoms with Gasteiger partial charge in [-0.15, -0.1) is 0 Å². The van der Waals surface area contributed by atoms with E-state index in [0.717, 1.165) is 29.9 Å². The van der Waals surface area contributed by atoms with E-state index in [2.05, 4.69) is 35.0 Å². The standard InChI is InChI=1S/C25H31N3O/c1-2-3-4-5-11-20-28-23-15-10-9-14-22(23)27-24(28)18-19-26-25(29)17-16-21-12-7-6-8-13-21/h6-10,12-17H,2-5,11,18-20H2,1H3,(H,26,29)/b17-16+. The topological polar surface area (TPSA) is 46.9 Å². The van der Waals surface area contributed by atoms with E-state index in [1.165, 1.54) is 37.6 Å². The van der Waals surface area contributed by atoms with E-state index in [-0.39, 0.29) is 5.91 Å². The van der Waals surface area contributed by atoms with Crippen molar-refractivity contribution in [3.63, 3.8) is 0 Å². The van der Waals surface area contributed by atoms with Crippen LogP contribution in [0.15, 0.2) is 60.7 Å². The fourth-order valence-corrected chi connectivity index (χ4v) is 3.53. The Morgan fingerprint density at radius 3 is 2.59 bits per heavy atom. The number of imidazole rings is 1. The van der Waals surface area contributed by atoms with Gasteiger partial charge in [0, 0.05) is 25.6 Å². The molecule has 0 spiro atoms. The zero-order chi connectivity index (χ0) is 20.3. The van der Waals surface area contributed by atoms with Crippen LogP contribution in [-0.2, 0) is 17.8 Å². The Hall–Kier alpha value is -2.88. The van der Waals surface area contributed by atoms with Gasteiger partial charge in [-0.2, -0.15) is 0 Å². The number of aryl methyl sites for hydroxylation is 1. The van der Waals surface area contributed by atoms with Crippen molar-refractivity contribution in [2.45, 2.75) is 52.0 Å². The number of benzene rings is 2. The Balaban J connectivity index is 1.56. The second-order valence-electron chi connectivity index (χ2n) is 7.37. The number of carbonyl (C=O) groups is 1. The van der Waals surface area contributed by atoms with Crippen LogP contribution in [-0.4, -0.2) is 22.0 Å². The summed E-state index contributed by atoms with van der Waals surface area (Å²) in [6.07, 6.45) is 10.4. The molecule has 0 atom stereocenters. The molecule has 152 valence electrons. The van der Waals surface area contributed by atoms with Crippen LogP contribution in [0.1, 0.15) is 50.4 Å². The van der Waals surface area contributed by atoms with E-state index < -0.39 is 0 Å². The summed E-state index contributed by atoms with van der Waals surface area (Å²) in [5.41, 5.74) is 3.24. The van der Waals surface area contributed by atoms with Gasteiger partial charge in [-0.3, -0.25) is 4.79 Å². The van der Waals surface area contributed by atoms with Gasteiger partial charge in [0.05, 0.1) is 11.0 Å². The number of carbonyl (C=O) groups excluding carboxylic acids is 1. The molecule has 1 amide bonds. The molecule has 0 fully saturated rings. The molecule has 0 aliphatic rings. The molecule has 1 aromatic heterocycles. The fraction of sp³-hybridized carbons (Fsp3) is 0.360. The SMILES string of the molecule is CCCCCCCn1c(CCNC(=O)/C=C/c2ccccc2)nc2ccccc21. The lowest BCUT2D eigenvalue weighted by atomic mass is 10.1. The predicted molar refractivity (Wildman–Crippen MR) is 121 cm³/mol. The molecular weight excluding hydrogens is 358 g/mol. The Labute approximate surface area is 173 Å². The highest BCUT2D eigenvalue weighted by atomic mass is 16.1. The lowest BCUT2D eigenvalue weighted by Crippen LogP contribution is -2.24. The molecule has 2 aromatic carbocycles. The fourth-order valence-electron chi connectivity index (χ4n) is 3.53. The molecular formula is C25H31N3O. The lowest BCUT2D eigenvalue weighted by Gasteiger charge is -2.09. The molecule has 0 radical (unpaired) electrons. The summed E-state index contributed by atoms with van der Waals surface area (Å²) >= 11 is 0. The van der Waals surface area contributed by atoms with Gasteiger partial charge in [0.15, 0.2) is 0 Å². The van der Waals surface area contributed by atoms with Crippen molar-refractivity contribution < 1.29 is 4.79 Å². The quantitative estimate of drug-likeness (QED) is 0.353. The second kappa shape index (κ2) is 11.2. The second-order valence-corrected chi connectivity index (χ2v) is 7.37. The third kappa shape index (κ3) is 6.31. The highest BCUT2D eigenvalue weighted by Crippen LogP contribution is 2.18. The van der Waals surface area contributed by atoms with Gasteiger partial charge >= 0.3 is 0 Å². The summed E-state index contributed by atoms with van der Waals surface area (Å²) in [7, 11) is 0. The third-order valence-corrected chi connectivity index (χ3v) is 5.09. The van der Waals surface area contributed by atoms with Crippen LogP contribution >= 0.6 is 0 Å². The first kappa shape index (κ1) is 20.8. The molecule has 0 aliphatic carbocycles. The summed E-state index contributed by atoms with van der Waals surface area (Å²) in [6.45, 7) is 3.81. The molecule has 0 unspecified atom stereocenters. The van der Waals surface area contributed by atoms with Crippen LogP contribution in [0.3, 0.4) is 0 Å². The highest BCUT2D eigenvalue weighted by Gasteiger charge is 2.10. The number of para-hydroxylation sites is 2. The van der Waals surface area contributed by atoms with E-state index in [9.17, 15) is 4.79 Å². The molecule has 29 heavy (non-hydrogen) atoms. The van der Waals surface area contributed by atoms with E-state index in [4.69, 9.17) is 4.98 Å². The first-order valence-corrected chi connectivity index (χ1v) is 10.7. The number of nitrogens with one attached hydrogen (secondary N) is 1. The molecule has 0 saturated heterocycles. The molecule has 4 nitrogen and oxygen atoms in total. The zero-order valence-electron chi connectivity index (χ0n) is 17.3. The van der Waals surface area contributed by atoms with Gasteiger partial charge in [0.25, 0.3) is 0 Å². The number of hydrogen-bond donors (Lipinski definition) is 1. The van der Waals surface area contributed by atoms with Gasteiger partial charge in [0.1, 0.15) is 5.82 Å². The maximum Gasteiger partial charge on any atom is 0.244 e. The van der Waals surface area contributed by atoms with Gasteiger partial charge in [-0.25, -0.2) is 4.98 Å². The van der Waals surface area contributed by atoms with Gasteiger partial charge < -0.3 is 9.88 Å². The largest absolute Gasteiger partial charge is 0.352 e. The average Bonchev–Trinajstić information content (AvgIpc) is 3.10. The summed E-state index contributed by atoms with van der Waals surface area (Å²) < 4.78 is 2.33. The third-order valence-electron chi connectivity index (χ3n) is 5.09. The number of aromatic nitrogens is 2. The molecule has 3 aromatic rings. The van der Waals surface area contributed by atoms with Crippen LogP contribution in [0.5, 0.6) is 0 Å². The van der Waals surface area contributed by atoms with Crippen molar-refractivity contribution in [2.75, 3.05) is 6.54 Å². The normalized spacial score (nSPS) is 11.3. The van der Waals surface area contributed by atoms with Crippen LogP contribution in [0.4, 0.5) is 0 Å². The first-order valence-electron chi connectivity index (χ1n) is 10.7. The van der Waals surface area contributed by atoms with Crippen LogP contribution in [0, 0.1) is 0 Å². The smallest absolute Gasteiger partial charge is 0.244 e. The number of rotatable bonds is 11. The van der Waals surface area contributed by atoms with Crippen LogP contribution in [0.25, 0.3) is 17.1 Å². The number of nitrogens with zero attached hydrogens (tertiary/aromatic N) is 2. The van der Waals surface area contributed by atoms with Gasteiger partial charge in [-0.1, -0.05) is 75.1 Å².